The lowest BCUT2D eigenvalue weighted by atomic mass is 10.1. The van der Waals surface area contributed by atoms with Gasteiger partial charge in [-0.05, 0) is 54.4 Å². The molecule has 5 aromatic rings. The lowest BCUT2D eigenvalue weighted by Crippen LogP contribution is -2.16. The first-order chi connectivity index (χ1) is 16.6. The summed E-state index contributed by atoms with van der Waals surface area (Å²) in [5, 5.41) is 2.95. The van der Waals surface area contributed by atoms with Gasteiger partial charge in [0.05, 0.1) is 19.0 Å². The van der Waals surface area contributed by atoms with E-state index in [4.69, 9.17) is 9.72 Å². The number of hydrogen-bond acceptors (Lipinski definition) is 5. The molecule has 0 atom stereocenters. The fraction of sp³-hybridized carbons (Fsp3) is 0.111. The van der Waals surface area contributed by atoms with Crippen molar-refractivity contribution in [2.75, 3.05) is 12.4 Å². The number of nitrogens with one attached hydrogen (secondary N) is 1. The Bertz CT molecular complexity index is 1460. The van der Waals surface area contributed by atoms with E-state index in [-0.39, 0.29) is 5.91 Å². The van der Waals surface area contributed by atoms with E-state index in [0.717, 1.165) is 33.7 Å². The summed E-state index contributed by atoms with van der Waals surface area (Å²) in [5.41, 5.74) is 6.50. The second-order valence-electron chi connectivity index (χ2n) is 7.96. The van der Waals surface area contributed by atoms with Crippen LogP contribution < -0.4 is 10.1 Å². The number of pyridine rings is 3. The van der Waals surface area contributed by atoms with Crippen molar-refractivity contribution in [2.24, 2.45) is 0 Å². The lowest BCUT2D eigenvalue weighted by molar-refractivity contribution is 0.102. The molecule has 7 heteroatoms. The normalized spacial score (nSPS) is 10.9. The molecule has 0 saturated carbocycles. The molecule has 0 bridgehead atoms. The van der Waals surface area contributed by atoms with Gasteiger partial charge in [-0.25, -0.2) is 9.97 Å². The van der Waals surface area contributed by atoms with Crippen LogP contribution in [0.3, 0.4) is 0 Å². The van der Waals surface area contributed by atoms with Gasteiger partial charge in [0.25, 0.3) is 5.91 Å². The number of anilines is 1. The van der Waals surface area contributed by atoms with Gasteiger partial charge in [0.1, 0.15) is 17.1 Å². The Hall–Kier alpha value is -4.52. The Morgan fingerprint density at radius 1 is 1.06 bits per heavy atom. The number of imidazole rings is 1. The van der Waals surface area contributed by atoms with Crippen molar-refractivity contribution < 1.29 is 9.53 Å². The highest BCUT2D eigenvalue weighted by Crippen LogP contribution is 2.24. The molecule has 0 aliphatic rings. The average Bonchev–Trinajstić information content (AvgIpc) is 3.31. The molecule has 4 aromatic heterocycles. The van der Waals surface area contributed by atoms with Crippen LogP contribution in [0.5, 0.6) is 5.75 Å². The van der Waals surface area contributed by atoms with Crippen LogP contribution in [-0.4, -0.2) is 32.4 Å². The molecule has 4 heterocycles. The molecule has 1 N–H and O–H groups in total. The van der Waals surface area contributed by atoms with Gasteiger partial charge in [-0.15, -0.1) is 0 Å². The van der Waals surface area contributed by atoms with Crippen molar-refractivity contribution in [1.29, 1.82) is 0 Å². The summed E-state index contributed by atoms with van der Waals surface area (Å²) in [5.74, 6) is 0.305. The van der Waals surface area contributed by atoms with Crippen molar-refractivity contribution in [1.82, 2.24) is 19.4 Å². The van der Waals surface area contributed by atoms with Crippen molar-refractivity contribution in [3.63, 3.8) is 0 Å². The minimum absolute atomic E-state index is 0.287. The van der Waals surface area contributed by atoms with E-state index in [2.05, 4.69) is 15.3 Å². The first-order valence-electron chi connectivity index (χ1n) is 10.9. The Balaban J connectivity index is 1.37. The van der Waals surface area contributed by atoms with E-state index in [1.165, 1.54) is 0 Å². The van der Waals surface area contributed by atoms with Crippen LogP contribution in [0, 0.1) is 6.92 Å². The van der Waals surface area contributed by atoms with Crippen molar-refractivity contribution in [2.45, 2.75) is 13.3 Å². The van der Waals surface area contributed by atoms with E-state index in [1.54, 1.807) is 19.5 Å². The Labute approximate surface area is 197 Å². The Morgan fingerprint density at radius 2 is 1.91 bits per heavy atom. The highest BCUT2D eigenvalue weighted by atomic mass is 16.5. The third kappa shape index (κ3) is 4.36. The maximum Gasteiger partial charge on any atom is 0.274 e. The van der Waals surface area contributed by atoms with Gasteiger partial charge in [0.15, 0.2) is 0 Å². The van der Waals surface area contributed by atoms with E-state index in [1.807, 2.05) is 84.4 Å². The molecule has 0 radical (unpaired) electrons. The smallest absolute Gasteiger partial charge is 0.274 e. The summed E-state index contributed by atoms with van der Waals surface area (Å²) < 4.78 is 7.32. The molecule has 0 aliphatic heterocycles. The van der Waals surface area contributed by atoms with E-state index in [0.29, 0.717) is 23.6 Å². The molecule has 5 rings (SSSR count). The standard InChI is InChI=1S/C27H23N5O2/c1-18-6-5-13-32-17-24(31-26(18)32)19-8-10-21(11-9-19)30-27(33)25-20(15-23(34-2)16-29-25)14-22-7-3-4-12-28-22/h3-13,15-17H,14H2,1-2H3,(H,30,33). The predicted octanol–water partition coefficient (Wildman–Crippen LogP) is 4.95. The summed E-state index contributed by atoms with van der Waals surface area (Å²) >= 11 is 0. The SMILES string of the molecule is COc1cnc(C(=O)Nc2ccc(-c3cn4cccc(C)c4n3)cc2)c(Cc2ccccn2)c1. The molecule has 7 nitrogen and oxygen atoms in total. The summed E-state index contributed by atoms with van der Waals surface area (Å²) in [6.07, 6.45) is 7.74. The number of hydrogen-bond donors (Lipinski definition) is 1. The fourth-order valence-corrected chi connectivity index (χ4v) is 3.84. The lowest BCUT2D eigenvalue weighted by Gasteiger charge is -2.11. The van der Waals surface area contributed by atoms with E-state index in [9.17, 15) is 4.79 Å². The molecule has 0 unspecified atom stereocenters. The highest BCUT2D eigenvalue weighted by molar-refractivity contribution is 6.04. The molecular formula is C27H23N5O2. The summed E-state index contributed by atoms with van der Waals surface area (Å²) in [7, 11) is 1.58. The minimum Gasteiger partial charge on any atom is -0.495 e. The first kappa shape index (κ1) is 21.3. The molecule has 34 heavy (non-hydrogen) atoms. The number of carbonyl (C=O) groups excluding carboxylic acids is 1. The van der Waals surface area contributed by atoms with Gasteiger partial charge in [-0.1, -0.05) is 24.3 Å². The van der Waals surface area contributed by atoms with Gasteiger partial charge in [-0.3, -0.25) is 9.78 Å². The summed E-state index contributed by atoms with van der Waals surface area (Å²) in [6.45, 7) is 2.04. The number of fused-ring (bicyclic) bond motifs is 1. The molecule has 1 aromatic carbocycles. The Morgan fingerprint density at radius 3 is 2.65 bits per heavy atom. The molecular weight excluding hydrogens is 426 g/mol. The second kappa shape index (κ2) is 9.15. The zero-order valence-electron chi connectivity index (χ0n) is 18.9. The molecule has 0 spiro atoms. The van der Waals surface area contributed by atoms with Crippen molar-refractivity contribution in [3.05, 3.63) is 108 Å². The van der Waals surface area contributed by atoms with Crippen LogP contribution in [0.1, 0.15) is 27.3 Å². The topological polar surface area (TPSA) is 81.4 Å². The number of rotatable bonds is 6. The number of ether oxygens (including phenoxy) is 1. The summed E-state index contributed by atoms with van der Waals surface area (Å²) in [4.78, 5) is 26.5. The van der Waals surface area contributed by atoms with Crippen LogP contribution in [0.2, 0.25) is 0 Å². The maximum atomic E-state index is 13.1. The molecule has 168 valence electrons. The van der Waals surface area contributed by atoms with Crippen molar-refractivity contribution in [3.8, 4) is 17.0 Å². The zero-order chi connectivity index (χ0) is 23.5. The molecule has 1 amide bonds. The van der Waals surface area contributed by atoms with Crippen LogP contribution in [-0.2, 0) is 6.42 Å². The Kier molecular flexibility index (Phi) is 5.74. The van der Waals surface area contributed by atoms with Gasteiger partial charge in [0.2, 0.25) is 0 Å². The number of methoxy groups -OCH3 is 1. The predicted molar refractivity (Wildman–Crippen MR) is 131 cm³/mol. The van der Waals surface area contributed by atoms with Gasteiger partial charge in [-0.2, -0.15) is 0 Å². The molecule has 0 aliphatic carbocycles. The maximum absolute atomic E-state index is 13.1. The zero-order valence-corrected chi connectivity index (χ0v) is 18.9. The number of nitrogens with zero attached hydrogens (tertiary/aromatic N) is 4. The average molecular weight is 450 g/mol. The minimum atomic E-state index is -0.287. The number of carbonyl (C=O) groups is 1. The van der Waals surface area contributed by atoms with Crippen LogP contribution in [0.4, 0.5) is 5.69 Å². The monoisotopic (exact) mass is 449 g/mol. The van der Waals surface area contributed by atoms with Gasteiger partial charge in [0, 0.05) is 42.0 Å². The highest BCUT2D eigenvalue weighted by Gasteiger charge is 2.16. The number of amides is 1. The number of aromatic nitrogens is 4. The summed E-state index contributed by atoms with van der Waals surface area (Å²) in [6, 6.07) is 19.2. The third-order valence-electron chi connectivity index (χ3n) is 5.61. The van der Waals surface area contributed by atoms with Crippen molar-refractivity contribution >= 4 is 17.2 Å². The van der Waals surface area contributed by atoms with E-state index >= 15 is 0 Å². The number of benzene rings is 1. The largest absolute Gasteiger partial charge is 0.495 e. The first-order valence-corrected chi connectivity index (χ1v) is 10.9. The molecule has 0 saturated heterocycles. The fourth-order valence-electron chi connectivity index (χ4n) is 3.84. The van der Waals surface area contributed by atoms with Gasteiger partial charge >= 0.3 is 0 Å². The number of aryl methyl sites for hydroxylation is 1. The quantitative estimate of drug-likeness (QED) is 0.397. The second-order valence-corrected chi connectivity index (χ2v) is 7.96. The van der Waals surface area contributed by atoms with Crippen LogP contribution in [0.15, 0.2) is 85.5 Å². The van der Waals surface area contributed by atoms with Crippen LogP contribution in [0.25, 0.3) is 16.9 Å². The van der Waals surface area contributed by atoms with Gasteiger partial charge < -0.3 is 14.5 Å². The molecule has 0 fully saturated rings. The van der Waals surface area contributed by atoms with Crippen LogP contribution >= 0.6 is 0 Å². The third-order valence-corrected chi connectivity index (χ3v) is 5.61. The van der Waals surface area contributed by atoms with E-state index < -0.39 is 0 Å².